The number of amides is 2. The van der Waals surface area contributed by atoms with E-state index in [0.29, 0.717) is 10.8 Å². The van der Waals surface area contributed by atoms with Crippen molar-refractivity contribution in [3.05, 3.63) is 125 Å². The number of anilines is 1. The molecule has 0 heterocycles. The first kappa shape index (κ1) is 34.0. The molecule has 4 aromatic carbocycles. The Balaban J connectivity index is 1.56. The van der Waals surface area contributed by atoms with E-state index in [2.05, 4.69) is 5.32 Å². The van der Waals surface area contributed by atoms with Crippen LogP contribution in [0.1, 0.15) is 42.4 Å². The number of nitrogens with zero attached hydrogens (tertiary/aromatic N) is 2. The molecule has 1 aliphatic carbocycles. The highest BCUT2D eigenvalue weighted by atomic mass is 35.5. The minimum Gasteiger partial charge on any atom is -0.497 e. The van der Waals surface area contributed by atoms with E-state index in [0.717, 1.165) is 46.7 Å². The quantitative estimate of drug-likeness (QED) is 0.174. The van der Waals surface area contributed by atoms with Crippen LogP contribution in [0.2, 0.25) is 5.02 Å². The first-order valence-corrected chi connectivity index (χ1v) is 17.6. The Morgan fingerprint density at radius 2 is 1.53 bits per heavy atom. The third-order valence-corrected chi connectivity index (χ3v) is 10.7. The first-order valence-electron chi connectivity index (χ1n) is 15.8. The predicted molar refractivity (Wildman–Crippen MR) is 185 cm³/mol. The number of carbonyl (C=O) groups is 2. The smallest absolute Gasteiger partial charge is 0.264 e. The van der Waals surface area contributed by atoms with E-state index in [-0.39, 0.29) is 35.5 Å². The Labute approximate surface area is 282 Å². The minimum atomic E-state index is -4.24. The second-order valence-corrected chi connectivity index (χ2v) is 14.1. The van der Waals surface area contributed by atoms with Crippen molar-refractivity contribution in [1.82, 2.24) is 10.2 Å². The summed E-state index contributed by atoms with van der Waals surface area (Å²) in [6, 6.07) is 28.7. The summed E-state index contributed by atoms with van der Waals surface area (Å²) in [6.07, 6.45) is 4.13. The number of halogens is 1. The van der Waals surface area contributed by atoms with Gasteiger partial charge in [0, 0.05) is 24.0 Å². The van der Waals surface area contributed by atoms with Gasteiger partial charge in [0.1, 0.15) is 18.3 Å². The summed E-state index contributed by atoms with van der Waals surface area (Å²) < 4.78 is 34.7. The summed E-state index contributed by atoms with van der Waals surface area (Å²) in [5.41, 5.74) is 2.98. The van der Waals surface area contributed by atoms with Gasteiger partial charge in [0.05, 0.1) is 17.7 Å². The minimum absolute atomic E-state index is 0.00804. The summed E-state index contributed by atoms with van der Waals surface area (Å²) in [7, 11) is -2.74. The zero-order chi connectivity index (χ0) is 33.4. The molecule has 0 aliphatic heterocycles. The molecule has 246 valence electrons. The van der Waals surface area contributed by atoms with Crippen LogP contribution < -0.4 is 14.4 Å². The van der Waals surface area contributed by atoms with Gasteiger partial charge < -0.3 is 15.0 Å². The molecule has 47 heavy (non-hydrogen) atoms. The van der Waals surface area contributed by atoms with Gasteiger partial charge in [0.2, 0.25) is 11.8 Å². The standard InChI is InChI=1S/C37H40ClN3O5S/c1-27-10-6-7-13-29(27)25-40(35(24-28-11-4-3-5-12-28)37(43)39-31-14-8-9-15-31)36(42)26-41(32-18-16-30(38)17-19-32)47(44,45)34-22-20-33(46-2)21-23-34/h3-7,10-13,16-23,31,35H,8-9,14-15,24-26H2,1-2H3,(H,39,43)/t35-/m0/s1. The molecule has 1 fully saturated rings. The Kier molecular flexibility index (Phi) is 11.2. The fourth-order valence-corrected chi connectivity index (χ4v) is 7.44. The van der Waals surface area contributed by atoms with Crippen LogP contribution in [0, 0.1) is 6.92 Å². The normalized spacial score (nSPS) is 13.9. The highest BCUT2D eigenvalue weighted by Gasteiger charge is 2.35. The number of ether oxygens (including phenoxy) is 1. The number of aryl methyl sites for hydroxylation is 1. The first-order chi connectivity index (χ1) is 22.7. The summed E-state index contributed by atoms with van der Waals surface area (Å²) in [4.78, 5) is 30.3. The zero-order valence-electron chi connectivity index (χ0n) is 26.6. The van der Waals surface area contributed by atoms with Crippen molar-refractivity contribution in [2.45, 2.75) is 62.6 Å². The second kappa shape index (κ2) is 15.5. The molecule has 4 aromatic rings. The molecule has 0 saturated heterocycles. The van der Waals surface area contributed by atoms with Crippen molar-refractivity contribution in [2.24, 2.45) is 0 Å². The number of benzene rings is 4. The van der Waals surface area contributed by atoms with Crippen LogP contribution in [0.15, 0.2) is 108 Å². The molecule has 1 saturated carbocycles. The second-order valence-electron chi connectivity index (χ2n) is 11.8. The van der Waals surface area contributed by atoms with E-state index in [4.69, 9.17) is 16.3 Å². The molecule has 1 atom stereocenters. The van der Waals surface area contributed by atoms with Gasteiger partial charge in [0.25, 0.3) is 10.0 Å². The Hall–Kier alpha value is -4.34. The van der Waals surface area contributed by atoms with E-state index in [1.54, 1.807) is 36.4 Å². The largest absolute Gasteiger partial charge is 0.497 e. The van der Waals surface area contributed by atoms with Crippen molar-refractivity contribution < 1.29 is 22.7 Å². The van der Waals surface area contributed by atoms with Gasteiger partial charge in [-0.2, -0.15) is 0 Å². The highest BCUT2D eigenvalue weighted by molar-refractivity contribution is 7.92. The molecule has 10 heteroatoms. The van der Waals surface area contributed by atoms with E-state index >= 15 is 0 Å². The van der Waals surface area contributed by atoms with Crippen molar-refractivity contribution >= 4 is 39.1 Å². The lowest BCUT2D eigenvalue weighted by Gasteiger charge is -2.34. The maximum atomic E-state index is 14.7. The zero-order valence-corrected chi connectivity index (χ0v) is 28.2. The predicted octanol–water partition coefficient (Wildman–Crippen LogP) is 6.55. The lowest BCUT2D eigenvalue weighted by atomic mass is 10.0. The van der Waals surface area contributed by atoms with E-state index < -0.39 is 28.5 Å². The van der Waals surface area contributed by atoms with Crippen LogP contribution in [0.4, 0.5) is 5.69 Å². The summed E-state index contributed by atoms with van der Waals surface area (Å²) >= 11 is 6.16. The van der Waals surface area contributed by atoms with Gasteiger partial charge in [-0.15, -0.1) is 0 Å². The molecule has 0 radical (unpaired) electrons. The van der Waals surface area contributed by atoms with Crippen LogP contribution in [0.5, 0.6) is 5.75 Å². The number of hydrogen-bond acceptors (Lipinski definition) is 5. The van der Waals surface area contributed by atoms with Crippen LogP contribution in [0.25, 0.3) is 0 Å². The number of hydrogen-bond donors (Lipinski definition) is 1. The third kappa shape index (κ3) is 8.53. The van der Waals surface area contributed by atoms with Crippen LogP contribution >= 0.6 is 11.6 Å². The number of methoxy groups -OCH3 is 1. The molecule has 1 N–H and O–H groups in total. The van der Waals surface area contributed by atoms with Crippen LogP contribution in [-0.4, -0.2) is 50.9 Å². The van der Waals surface area contributed by atoms with Crippen molar-refractivity contribution in [2.75, 3.05) is 18.0 Å². The molecule has 1 aliphatic rings. The van der Waals surface area contributed by atoms with Gasteiger partial charge in [0.15, 0.2) is 0 Å². The molecule has 0 unspecified atom stereocenters. The van der Waals surface area contributed by atoms with Gasteiger partial charge in [-0.05, 0) is 85.0 Å². The molecule has 2 amide bonds. The van der Waals surface area contributed by atoms with Crippen molar-refractivity contribution in [3.63, 3.8) is 0 Å². The van der Waals surface area contributed by atoms with E-state index in [1.807, 2.05) is 61.5 Å². The van der Waals surface area contributed by atoms with Gasteiger partial charge in [-0.3, -0.25) is 13.9 Å². The average molecular weight is 674 g/mol. The van der Waals surface area contributed by atoms with Gasteiger partial charge >= 0.3 is 0 Å². The Bertz CT molecular complexity index is 1760. The molecular formula is C37H40ClN3O5S. The molecule has 0 aromatic heterocycles. The topological polar surface area (TPSA) is 96.0 Å². The SMILES string of the molecule is COc1ccc(S(=O)(=O)N(CC(=O)N(Cc2ccccc2C)[C@@H](Cc2ccccc2)C(=O)NC2CCCC2)c2ccc(Cl)cc2)cc1. The molecule has 5 rings (SSSR count). The van der Waals surface area contributed by atoms with Crippen LogP contribution in [0.3, 0.4) is 0 Å². The average Bonchev–Trinajstić information content (AvgIpc) is 3.60. The van der Waals surface area contributed by atoms with Crippen molar-refractivity contribution in [3.8, 4) is 5.75 Å². The monoisotopic (exact) mass is 673 g/mol. The Morgan fingerprint density at radius 3 is 2.17 bits per heavy atom. The highest BCUT2D eigenvalue weighted by Crippen LogP contribution is 2.28. The third-order valence-electron chi connectivity index (χ3n) is 8.62. The maximum absolute atomic E-state index is 14.7. The molecule has 0 bridgehead atoms. The van der Waals surface area contributed by atoms with E-state index in [1.165, 1.54) is 24.1 Å². The Morgan fingerprint density at radius 1 is 0.894 bits per heavy atom. The lowest BCUT2D eigenvalue weighted by molar-refractivity contribution is -0.140. The number of carbonyl (C=O) groups excluding carboxylic acids is 2. The lowest BCUT2D eigenvalue weighted by Crippen LogP contribution is -2.54. The number of sulfonamides is 1. The summed E-state index contributed by atoms with van der Waals surface area (Å²) in [5.74, 6) is -0.263. The van der Waals surface area contributed by atoms with E-state index in [9.17, 15) is 18.0 Å². The maximum Gasteiger partial charge on any atom is 0.264 e. The fraction of sp³-hybridized carbons (Fsp3) is 0.297. The molecule has 0 spiro atoms. The van der Waals surface area contributed by atoms with Crippen molar-refractivity contribution in [1.29, 1.82) is 0 Å². The van der Waals surface area contributed by atoms with Gasteiger partial charge in [-0.25, -0.2) is 8.42 Å². The van der Waals surface area contributed by atoms with Crippen LogP contribution in [-0.2, 0) is 32.6 Å². The molecule has 8 nitrogen and oxygen atoms in total. The van der Waals surface area contributed by atoms with Gasteiger partial charge in [-0.1, -0.05) is 79.0 Å². The summed E-state index contributed by atoms with van der Waals surface area (Å²) in [6.45, 7) is 1.54. The number of rotatable bonds is 13. The number of nitrogens with one attached hydrogen (secondary N) is 1. The molecular weight excluding hydrogens is 634 g/mol. The fourth-order valence-electron chi connectivity index (χ4n) is 5.90. The summed E-state index contributed by atoms with van der Waals surface area (Å²) in [5, 5.41) is 3.63.